The van der Waals surface area contributed by atoms with Crippen molar-refractivity contribution in [1.82, 2.24) is 10.3 Å². The number of rotatable bonds is 2. The number of esters is 1. The molecule has 92 valence electrons. The Morgan fingerprint density at radius 2 is 2.06 bits per heavy atom. The molecule has 4 heteroatoms. The molecule has 0 spiro atoms. The summed E-state index contributed by atoms with van der Waals surface area (Å²) in [7, 11) is 1.46. The van der Waals surface area contributed by atoms with Crippen LogP contribution in [0.25, 0.3) is 0 Å². The molecule has 4 nitrogen and oxygen atoms in total. The molecule has 0 unspecified atom stereocenters. The average Bonchev–Trinajstić information content (AvgIpc) is 3.02. The molecule has 2 N–H and O–H groups in total. The minimum Gasteiger partial charge on any atom is -0.465 e. The molecule has 2 heterocycles. The van der Waals surface area contributed by atoms with E-state index in [4.69, 9.17) is 4.74 Å². The number of methoxy groups -OCH3 is 1. The van der Waals surface area contributed by atoms with E-state index in [1.54, 1.807) is 0 Å². The molecule has 17 heavy (non-hydrogen) atoms. The lowest BCUT2D eigenvalue weighted by atomic mass is 9.98. The lowest BCUT2D eigenvalue weighted by Gasteiger charge is -2.11. The molecule has 0 radical (unpaired) electrons. The first kappa shape index (κ1) is 10.8. The average molecular weight is 234 g/mol. The van der Waals surface area contributed by atoms with E-state index in [0.717, 1.165) is 29.9 Å². The van der Waals surface area contributed by atoms with Gasteiger partial charge in [0.2, 0.25) is 0 Å². The number of aromatic nitrogens is 1. The fourth-order valence-corrected chi connectivity index (χ4v) is 3.13. The molecule has 1 aromatic rings. The Morgan fingerprint density at radius 1 is 1.29 bits per heavy atom. The molecular formula is C13H18N2O2. The quantitative estimate of drug-likeness (QED) is 0.770. The van der Waals surface area contributed by atoms with Crippen LogP contribution >= 0.6 is 0 Å². The molecular weight excluding hydrogens is 216 g/mol. The topological polar surface area (TPSA) is 54.1 Å². The van der Waals surface area contributed by atoms with Gasteiger partial charge in [-0.25, -0.2) is 4.79 Å². The Bertz CT molecular complexity index is 445. The van der Waals surface area contributed by atoms with Crippen molar-refractivity contribution >= 4 is 5.97 Å². The number of fused-ring (bicyclic) bond motifs is 1. The van der Waals surface area contributed by atoms with Crippen molar-refractivity contribution < 1.29 is 9.53 Å². The normalized spacial score (nSPS) is 19.6. The molecule has 1 aliphatic carbocycles. The molecule has 0 aromatic carbocycles. The van der Waals surface area contributed by atoms with Crippen molar-refractivity contribution in [2.75, 3.05) is 7.11 Å². The summed E-state index contributed by atoms with van der Waals surface area (Å²) in [6, 6.07) is 0. The zero-order valence-electron chi connectivity index (χ0n) is 10.1. The van der Waals surface area contributed by atoms with Gasteiger partial charge in [0.05, 0.1) is 12.7 Å². The third-order valence-corrected chi connectivity index (χ3v) is 3.98. The highest BCUT2D eigenvalue weighted by atomic mass is 16.5. The molecule has 0 amide bonds. The van der Waals surface area contributed by atoms with Crippen molar-refractivity contribution in [3.8, 4) is 0 Å². The van der Waals surface area contributed by atoms with Crippen LogP contribution in [0.3, 0.4) is 0 Å². The Morgan fingerprint density at radius 3 is 2.76 bits per heavy atom. The van der Waals surface area contributed by atoms with Crippen LogP contribution in [0.1, 0.15) is 58.9 Å². The van der Waals surface area contributed by atoms with Gasteiger partial charge >= 0.3 is 5.97 Å². The number of ether oxygens (including phenoxy) is 1. The lowest BCUT2D eigenvalue weighted by molar-refractivity contribution is 0.0598. The summed E-state index contributed by atoms with van der Waals surface area (Å²) >= 11 is 0. The molecule has 1 aromatic heterocycles. The van der Waals surface area contributed by atoms with Crippen molar-refractivity contribution in [2.45, 2.75) is 44.7 Å². The molecule has 2 aliphatic rings. The molecule has 1 aliphatic heterocycles. The first-order chi connectivity index (χ1) is 8.31. The van der Waals surface area contributed by atoms with Gasteiger partial charge in [-0.3, -0.25) is 0 Å². The Kier molecular flexibility index (Phi) is 2.67. The van der Waals surface area contributed by atoms with Crippen molar-refractivity contribution in [2.24, 2.45) is 0 Å². The maximum Gasteiger partial charge on any atom is 0.340 e. The number of carbonyl (C=O) groups is 1. The predicted molar refractivity (Wildman–Crippen MR) is 63.9 cm³/mol. The van der Waals surface area contributed by atoms with Crippen LogP contribution in [0.4, 0.5) is 0 Å². The molecule has 0 atom stereocenters. The monoisotopic (exact) mass is 234 g/mol. The molecule has 1 saturated carbocycles. The van der Waals surface area contributed by atoms with Gasteiger partial charge in [-0.05, 0) is 18.8 Å². The highest BCUT2D eigenvalue weighted by Crippen LogP contribution is 2.38. The number of hydrogen-bond acceptors (Lipinski definition) is 3. The van der Waals surface area contributed by atoms with E-state index in [2.05, 4.69) is 10.3 Å². The van der Waals surface area contributed by atoms with Crippen LogP contribution in [-0.4, -0.2) is 18.1 Å². The van der Waals surface area contributed by atoms with Gasteiger partial charge in [0.25, 0.3) is 0 Å². The van der Waals surface area contributed by atoms with Crippen LogP contribution in [0.5, 0.6) is 0 Å². The van der Waals surface area contributed by atoms with Crippen LogP contribution in [0.15, 0.2) is 0 Å². The first-order valence-electron chi connectivity index (χ1n) is 6.34. The second-order valence-electron chi connectivity index (χ2n) is 4.95. The SMILES string of the molecule is COC(=O)c1c(C2CCCC2)[nH]c2c1CNC2. The highest BCUT2D eigenvalue weighted by molar-refractivity contribution is 5.93. The van der Waals surface area contributed by atoms with Gasteiger partial charge in [0, 0.05) is 30.0 Å². The maximum atomic E-state index is 11.9. The summed E-state index contributed by atoms with van der Waals surface area (Å²) < 4.78 is 4.93. The standard InChI is InChI=1S/C13H18N2O2/c1-17-13(16)11-9-6-14-7-10(9)15-12(11)8-4-2-3-5-8/h8,14-15H,2-7H2,1H3. The van der Waals surface area contributed by atoms with Crippen molar-refractivity contribution in [3.63, 3.8) is 0 Å². The summed E-state index contributed by atoms with van der Waals surface area (Å²) in [5.41, 5.74) is 4.23. The van der Waals surface area contributed by atoms with Gasteiger partial charge in [-0.2, -0.15) is 0 Å². The summed E-state index contributed by atoms with van der Waals surface area (Å²) in [5, 5.41) is 3.27. The van der Waals surface area contributed by atoms with E-state index in [1.807, 2.05) is 0 Å². The summed E-state index contributed by atoms with van der Waals surface area (Å²) in [6.07, 6.45) is 4.92. The van der Waals surface area contributed by atoms with Gasteiger partial charge in [0.1, 0.15) is 0 Å². The fourth-order valence-electron chi connectivity index (χ4n) is 3.13. The zero-order valence-corrected chi connectivity index (χ0v) is 10.1. The molecule has 0 bridgehead atoms. The number of hydrogen-bond donors (Lipinski definition) is 2. The summed E-state index contributed by atoms with van der Waals surface area (Å²) in [6.45, 7) is 1.62. The maximum absolute atomic E-state index is 11.9. The fraction of sp³-hybridized carbons (Fsp3) is 0.615. The van der Waals surface area contributed by atoms with E-state index >= 15 is 0 Å². The van der Waals surface area contributed by atoms with Gasteiger partial charge in [-0.1, -0.05) is 12.8 Å². The van der Waals surface area contributed by atoms with Crippen LogP contribution < -0.4 is 5.32 Å². The number of aromatic amines is 1. The van der Waals surface area contributed by atoms with E-state index in [-0.39, 0.29) is 5.97 Å². The molecule has 0 saturated heterocycles. The smallest absolute Gasteiger partial charge is 0.340 e. The summed E-state index contributed by atoms with van der Waals surface area (Å²) in [4.78, 5) is 15.4. The van der Waals surface area contributed by atoms with E-state index in [1.165, 1.54) is 38.5 Å². The van der Waals surface area contributed by atoms with E-state index < -0.39 is 0 Å². The van der Waals surface area contributed by atoms with Gasteiger partial charge in [0.15, 0.2) is 0 Å². The predicted octanol–water partition coefficient (Wildman–Crippen LogP) is 2.06. The van der Waals surface area contributed by atoms with Crippen LogP contribution in [0.2, 0.25) is 0 Å². The zero-order chi connectivity index (χ0) is 11.8. The van der Waals surface area contributed by atoms with Gasteiger partial charge < -0.3 is 15.0 Å². The summed E-state index contributed by atoms with van der Waals surface area (Å²) in [5.74, 6) is 0.336. The third kappa shape index (κ3) is 1.67. The largest absolute Gasteiger partial charge is 0.465 e. The Balaban J connectivity index is 2.04. The highest BCUT2D eigenvalue weighted by Gasteiger charge is 2.31. The Labute approximate surface area is 101 Å². The second-order valence-corrected chi connectivity index (χ2v) is 4.95. The number of carbonyl (C=O) groups excluding carboxylic acids is 1. The molecule has 3 rings (SSSR count). The van der Waals surface area contributed by atoms with Crippen LogP contribution in [0, 0.1) is 0 Å². The van der Waals surface area contributed by atoms with E-state index in [9.17, 15) is 4.79 Å². The minimum absolute atomic E-state index is 0.187. The lowest BCUT2D eigenvalue weighted by Crippen LogP contribution is -2.11. The van der Waals surface area contributed by atoms with Gasteiger partial charge in [-0.15, -0.1) is 0 Å². The number of nitrogens with one attached hydrogen (secondary N) is 2. The third-order valence-electron chi connectivity index (χ3n) is 3.98. The Hall–Kier alpha value is -1.29. The second kappa shape index (κ2) is 4.18. The van der Waals surface area contributed by atoms with Crippen LogP contribution in [-0.2, 0) is 17.8 Å². The first-order valence-corrected chi connectivity index (χ1v) is 6.34. The van der Waals surface area contributed by atoms with Crippen molar-refractivity contribution in [1.29, 1.82) is 0 Å². The number of H-pyrrole nitrogens is 1. The van der Waals surface area contributed by atoms with Crippen molar-refractivity contribution in [3.05, 3.63) is 22.5 Å². The molecule has 1 fully saturated rings. The minimum atomic E-state index is -0.187. The van der Waals surface area contributed by atoms with E-state index in [0.29, 0.717) is 5.92 Å².